The molecule has 2 aliphatic rings. The zero-order valence-corrected chi connectivity index (χ0v) is 25.0. The maximum atomic E-state index is 14.5. The predicted molar refractivity (Wildman–Crippen MR) is 159 cm³/mol. The lowest BCUT2D eigenvalue weighted by atomic mass is 9.87. The number of hydrogen-bond acceptors (Lipinski definition) is 5. The lowest BCUT2D eigenvalue weighted by molar-refractivity contribution is -0.137. The number of aryl methyl sites for hydroxylation is 1. The van der Waals surface area contributed by atoms with Gasteiger partial charge in [-0.15, -0.1) is 11.8 Å². The average Bonchev–Trinajstić information content (AvgIpc) is 3.26. The fourth-order valence-corrected chi connectivity index (χ4v) is 6.57. The Morgan fingerprint density at radius 1 is 1.02 bits per heavy atom. The Balaban J connectivity index is 1.65. The molecule has 41 heavy (non-hydrogen) atoms. The van der Waals surface area contributed by atoms with Crippen LogP contribution in [0.2, 0.25) is 0 Å². The van der Waals surface area contributed by atoms with Crippen LogP contribution in [0.15, 0.2) is 48.5 Å². The molecule has 0 saturated carbocycles. The zero-order chi connectivity index (χ0) is 29.5. The van der Waals surface area contributed by atoms with Gasteiger partial charge in [-0.3, -0.25) is 19.3 Å². The van der Waals surface area contributed by atoms with Crippen molar-refractivity contribution in [2.45, 2.75) is 45.3 Å². The Morgan fingerprint density at radius 2 is 1.68 bits per heavy atom. The summed E-state index contributed by atoms with van der Waals surface area (Å²) < 4.78 is 16.2. The van der Waals surface area contributed by atoms with E-state index in [4.69, 9.17) is 5.10 Å². The minimum Gasteiger partial charge on any atom is -0.339 e. The van der Waals surface area contributed by atoms with Crippen LogP contribution in [0.4, 0.5) is 10.2 Å². The number of carbonyl (C=O) groups excluding carboxylic acids is 3. The van der Waals surface area contributed by atoms with E-state index in [1.807, 2.05) is 37.3 Å². The normalized spacial score (nSPS) is 17.9. The molecule has 2 aromatic carbocycles. The number of fused-ring (bicyclic) bond motifs is 1. The Kier molecular flexibility index (Phi) is 7.96. The number of carbonyl (C=O) groups is 3. The smallest absolute Gasteiger partial charge is 0.242 e. The molecule has 1 fully saturated rings. The number of piperazine rings is 1. The number of amides is 3. The predicted octanol–water partition coefficient (Wildman–Crippen LogP) is 4.48. The van der Waals surface area contributed by atoms with Crippen LogP contribution in [-0.4, -0.2) is 75.8 Å². The van der Waals surface area contributed by atoms with Crippen molar-refractivity contribution in [1.29, 1.82) is 0 Å². The highest BCUT2D eigenvalue weighted by Gasteiger charge is 2.40. The molecule has 0 bridgehead atoms. The minimum absolute atomic E-state index is 0.0124. The van der Waals surface area contributed by atoms with E-state index >= 15 is 0 Å². The van der Waals surface area contributed by atoms with Crippen molar-refractivity contribution in [3.05, 3.63) is 76.7 Å². The molecule has 0 radical (unpaired) electrons. The third-order valence-electron chi connectivity index (χ3n) is 7.60. The van der Waals surface area contributed by atoms with Crippen molar-refractivity contribution in [2.75, 3.05) is 43.4 Å². The van der Waals surface area contributed by atoms with E-state index in [-0.39, 0.29) is 41.1 Å². The third-order valence-corrected chi connectivity index (χ3v) is 8.86. The molecule has 8 nitrogen and oxygen atoms in total. The summed E-state index contributed by atoms with van der Waals surface area (Å²) in [7, 11) is 0. The molecule has 1 saturated heterocycles. The molecule has 0 N–H and O–H groups in total. The van der Waals surface area contributed by atoms with Gasteiger partial charge in [0.25, 0.3) is 0 Å². The largest absolute Gasteiger partial charge is 0.339 e. The first-order chi connectivity index (χ1) is 19.4. The van der Waals surface area contributed by atoms with Crippen LogP contribution >= 0.6 is 11.8 Å². The first kappa shape index (κ1) is 28.9. The fraction of sp³-hybridized carbons (Fsp3) is 0.419. The van der Waals surface area contributed by atoms with Crippen LogP contribution in [0.1, 0.15) is 55.3 Å². The van der Waals surface area contributed by atoms with E-state index in [2.05, 4.69) is 20.8 Å². The molecule has 3 heterocycles. The second kappa shape index (κ2) is 11.3. The fourth-order valence-electron chi connectivity index (χ4n) is 5.38. The van der Waals surface area contributed by atoms with Crippen LogP contribution in [0.25, 0.3) is 5.69 Å². The molecule has 0 spiro atoms. The van der Waals surface area contributed by atoms with Gasteiger partial charge in [-0.2, -0.15) is 5.10 Å². The lowest BCUT2D eigenvalue weighted by Gasteiger charge is -2.35. The van der Waals surface area contributed by atoms with Crippen molar-refractivity contribution < 1.29 is 18.8 Å². The molecule has 216 valence electrons. The SMILES string of the molecule is CC(=O)N1CCN(C(=O)CN2C(=O)CSC(c3cccc(F)c3)c3c(C(C)(C)C)nn(-c4ccc(C)cc4)c32)CC1. The van der Waals surface area contributed by atoms with Crippen LogP contribution in [0, 0.1) is 12.7 Å². The molecule has 1 atom stereocenters. The summed E-state index contributed by atoms with van der Waals surface area (Å²) >= 11 is 1.43. The first-order valence-electron chi connectivity index (χ1n) is 13.8. The van der Waals surface area contributed by atoms with Crippen LogP contribution < -0.4 is 4.90 Å². The number of hydrogen-bond donors (Lipinski definition) is 0. The summed E-state index contributed by atoms with van der Waals surface area (Å²) in [4.78, 5) is 44.3. The van der Waals surface area contributed by atoms with Gasteiger partial charge in [0, 0.05) is 44.1 Å². The van der Waals surface area contributed by atoms with Crippen molar-refractivity contribution in [1.82, 2.24) is 19.6 Å². The van der Waals surface area contributed by atoms with Gasteiger partial charge >= 0.3 is 0 Å². The van der Waals surface area contributed by atoms with Gasteiger partial charge in [0.05, 0.1) is 22.4 Å². The van der Waals surface area contributed by atoms with E-state index in [1.165, 1.54) is 30.8 Å². The summed E-state index contributed by atoms with van der Waals surface area (Å²) in [6.45, 7) is 11.4. The molecule has 5 rings (SSSR count). The highest BCUT2D eigenvalue weighted by Crippen LogP contribution is 2.48. The second-order valence-electron chi connectivity index (χ2n) is 11.7. The number of thioether (sulfide) groups is 1. The van der Waals surface area contributed by atoms with Crippen molar-refractivity contribution in [3.8, 4) is 5.69 Å². The van der Waals surface area contributed by atoms with Crippen LogP contribution in [-0.2, 0) is 19.8 Å². The molecule has 0 aliphatic carbocycles. The monoisotopic (exact) mass is 577 g/mol. The van der Waals surface area contributed by atoms with Gasteiger partial charge in [0.2, 0.25) is 17.7 Å². The third kappa shape index (κ3) is 5.88. The number of halogens is 1. The van der Waals surface area contributed by atoms with Gasteiger partial charge in [0.15, 0.2) is 0 Å². The molecular formula is C31H36FN5O3S. The van der Waals surface area contributed by atoms with Crippen LogP contribution in [0.3, 0.4) is 0 Å². The molecule has 1 aromatic heterocycles. The van der Waals surface area contributed by atoms with E-state index in [1.54, 1.807) is 25.4 Å². The van der Waals surface area contributed by atoms with Crippen LogP contribution in [0.5, 0.6) is 0 Å². The van der Waals surface area contributed by atoms with E-state index in [0.717, 1.165) is 28.1 Å². The first-order valence-corrected chi connectivity index (χ1v) is 14.9. The molecule has 10 heteroatoms. The van der Waals surface area contributed by atoms with Crippen molar-refractivity contribution in [2.24, 2.45) is 0 Å². The summed E-state index contributed by atoms with van der Waals surface area (Å²) in [6, 6.07) is 14.4. The van der Waals surface area contributed by atoms with Crippen molar-refractivity contribution in [3.63, 3.8) is 0 Å². The second-order valence-corrected chi connectivity index (χ2v) is 12.8. The Hall–Kier alpha value is -3.66. The number of benzene rings is 2. The topological polar surface area (TPSA) is 78.8 Å². The Labute approximate surface area is 244 Å². The Bertz CT molecular complexity index is 1470. The highest BCUT2D eigenvalue weighted by atomic mass is 32.2. The number of nitrogens with zero attached hydrogens (tertiary/aromatic N) is 5. The van der Waals surface area contributed by atoms with Crippen molar-refractivity contribution >= 4 is 35.3 Å². The number of anilines is 1. The maximum absolute atomic E-state index is 14.5. The summed E-state index contributed by atoms with van der Waals surface area (Å²) in [5, 5.41) is 4.72. The van der Waals surface area contributed by atoms with Gasteiger partial charge in [-0.25, -0.2) is 9.07 Å². The molecule has 3 amide bonds. The van der Waals surface area contributed by atoms with Gasteiger partial charge < -0.3 is 9.80 Å². The summed E-state index contributed by atoms with van der Waals surface area (Å²) in [6.07, 6.45) is 0. The average molecular weight is 578 g/mol. The summed E-state index contributed by atoms with van der Waals surface area (Å²) in [5.74, 6) is -0.0885. The zero-order valence-electron chi connectivity index (χ0n) is 24.2. The molecule has 2 aliphatic heterocycles. The minimum atomic E-state index is -0.405. The lowest BCUT2D eigenvalue weighted by Crippen LogP contribution is -2.53. The Morgan fingerprint density at radius 3 is 2.29 bits per heavy atom. The molecule has 1 unspecified atom stereocenters. The van der Waals surface area contributed by atoms with E-state index in [0.29, 0.717) is 32.0 Å². The summed E-state index contributed by atoms with van der Waals surface area (Å²) in [5.41, 5.74) is 3.80. The quantitative estimate of drug-likeness (QED) is 0.457. The highest BCUT2D eigenvalue weighted by molar-refractivity contribution is 8.00. The van der Waals surface area contributed by atoms with Gasteiger partial charge in [-0.1, -0.05) is 50.6 Å². The maximum Gasteiger partial charge on any atom is 0.242 e. The molecule has 3 aromatic rings. The van der Waals surface area contributed by atoms with Gasteiger partial charge in [-0.05, 0) is 36.8 Å². The standard InChI is InChI=1S/C31H36FN5O3S/c1-20-9-11-24(12-10-20)37-30-27(29(33-37)31(3,4)5)28(22-7-6-8-23(32)17-22)41-19-26(40)36(30)18-25(39)35-15-13-34(14-16-35)21(2)38/h6-12,17,28H,13-16,18-19H2,1-5H3. The molecular weight excluding hydrogens is 541 g/mol. The van der Waals surface area contributed by atoms with E-state index < -0.39 is 5.41 Å². The van der Waals surface area contributed by atoms with E-state index in [9.17, 15) is 18.8 Å². The van der Waals surface area contributed by atoms with Gasteiger partial charge in [0.1, 0.15) is 18.2 Å². The number of aromatic nitrogens is 2. The number of rotatable bonds is 4.